The van der Waals surface area contributed by atoms with Crippen molar-refractivity contribution in [3.63, 3.8) is 0 Å². The standard InChI is InChI=1S/C13H11FN2O2/c14-8-6-10(15)13-11(7-8)16-12(18-13)4-3-9-2-1-5-17-9/h1-2,5-7H,3-4,15H2. The molecule has 0 saturated heterocycles. The van der Waals surface area contributed by atoms with Gasteiger partial charge in [-0.3, -0.25) is 0 Å². The number of nitrogen functional groups attached to an aromatic ring is 1. The first-order chi connectivity index (χ1) is 8.72. The first-order valence-corrected chi connectivity index (χ1v) is 5.59. The number of fused-ring (bicyclic) bond motifs is 1. The lowest BCUT2D eigenvalue weighted by molar-refractivity contribution is 0.480. The van der Waals surface area contributed by atoms with Crippen LogP contribution < -0.4 is 5.73 Å². The molecule has 0 aliphatic carbocycles. The minimum atomic E-state index is -0.411. The first kappa shape index (κ1) is 10.8. The number of oxazole rings is 1. The van der Waals surface area contributed by atoms with Crippen molar-refractivity contribution in [3.8, 4) is 0 Å². The van der Waals surface area contributed by atoms with E-state index < -0.39 is 5.82 Å². The molecular weight excluding hydrogens is 235 g/mol. The Labute approximate surface area is 102 Å². The number of hydrogen-bond acceptors (Lipinski definition) is 4. The summed E-state index contributed by atoms with van der Waals surface area (Å²) in [5, 5.41) is 0. The van der Waals surface area contributed by atoms with Crippen molar-refractivity contribution in [2.75, 3.05) is 5.73 Å². The number of benzene rings is 1. The highest BCUT2D eigenvalue weighted by atomic mass is 19.1. The van der Waals surface area contributed by atoms with E-state index in [9.17, 15) is 4.39 Å². The van der Waals surface area contributed by atoms with Crippen LogP contribution in [0.15, 0.2) is 39.4 Å². The Hall–Kier alpha value is -2.30. The lowest BCUT2D eigenvalue weighted by atomic mass is 10.2. The molecule has 0 unspecified atom stereocenters. The summed E-state index contributed by atoms with van der Waals surface area (Å²) in [6, 6.07) is 6.25. The average molecular weight is 246 g/mol. The van der Waals surface area contributed by atoms with Crippen molar-refractivity contribution < 1.29 is 13.2 Å². The summed E-state index contributed by atoms with van der Waals surface area (Å²) in [6.45, 7) is 0. The summed E-state index contributed by atoms with van der Waals surface area (Å²) in [4.78, 5) is 4.21. The molecule has 3 aromatic rings. The summed E-state index contributed by atoms with van der Waals surface area (Å²) in [7, 11) is 0. The Kier molecular flexibility index (Phi) is 2.51. The van der Waals surface area contributed by atoms with Crippen LogP contribution in [0, 0.1) is 5.82 Å². The van der Waals surface area contributed by atoms with E-state index in [1.807, 2.05) is 12.1 Å². The maximum absolute atomic E-state index is 13.1. The third kappa shape index (κ3) is 1.95. The molecule has 0 aliphatic rings. The van der Waals surface area contributed by atoms with Crippen molar-refractivity contribution in [2.24, 2.45) is 0 Å². The predicted octanol–water partition coefficient (Wildman–Crippen LogP) is 2.93. The smallest absolute Gasteiger partial charge is 0.196 e. The predicted molar refractivity (Wildman–Crippen MR) is 64.5 cm³/mol. The van der Waals surface area contributed by atoms with Crippen LogP contribution >= 0.6 is 0 Å². The van der Waals surface area contributed by atoms with Gasteiger partial charge in [-0.25, -0.2) is 9.37 Å². The van der Waals surface area contributed by atoms with Gasteiger partial charge in [0.15, 0.2) is 11.5 Å². The van der Waals surface area contributed by atoms with E-state index in [-0.39, 0.29) is 5.69 Å². The quantitative estimate of drug-likeness (QED) is 0.721. The van der Waals surface area contributed by atoms with Crippen molar-refractivity contribution in [2.45, 2.75) is 12.8 Å². The Morgan fingerprint density at radius 1 is 1.28 bits per heavy atom. The van der Waals surface area contributed by atoms with E-state index in [1.165, 1.54) is 12.1 Å². The van der Waals surface area contributed by atoms with Gasteiger partial charge in [0, 0.05) is 25.0 Å². The number of rotatable bonds is 3. The third-order valence-electron chi connectivity index (χ3n) is 2.69. The summed E-state index contributed by atoms with van der Waals surface area (Å²) < 4.78 is 23.9. The highest BCUT2D eigenvalue weighted by Crippen LogP contribution is 2.24. The molecule has 0 saturated carbocycles. The topological polar surface area (TPSA) is 65.2 Å². The molecular formula is C13H11FN2O2. The van der Waals surface area contributed by atoms with Crippen LogP contribution in [0.2, 0.25) is 0 Å². The van der Waals surface area contributed by atoms with Crippen LogP contribution in [0.25, 0.3) is 11.1 Å². The van der Waals surface area contributed by atoms with Crippen LogP contribution in [0.4, 0.5) is 10.1 Å². The number of hydrogen-bond donors (Lipinski definition) is 1. The van der Waals surface area contributed by atoms with E-state index in [0.29, 0.717) is 29.8 Å². The van der Waals surface area contributed by atoms with Gasteiger partial charge in [0.1, 0.15) is 17.1 Å². The van der Waals surface area contributed by atoms with Crippen LogP contribution in [0.1, 0.15) is 11.7 Å². The molecule has 0 fully saturated rings. The second-order valence-electron chi connectivity index (χ2n) is 4.03. The summed E-state index contributed by atoms with van der Waals surface area (Å²) in [5.74, 6) is 0.973. The average Bonchev–Trinajstić information content (AvgIpc) is 2.93. The number of aryl methyl sites for hydroxylation is 2. The molecule has 5 heteroatoms. The number of nitrogens with two attached hydrogens (primary N) is 1. The molecule has 18 heavy (non-hydrogen) atoms. The molecule has 0 spiro atoms. The molecule has 1 aromatic carbocycles. The fourth-order valence-corrected chi connectivity index (χ4v) is 1.86. The number of halogens is 1. The lowest BCUT2D eigenvalue weighted by Gasteiger charge is -1.93. The normalized spacial score (nSPS) is 11.2. The molecule has 0 aliphatic heterocycles. The minimum absolute atomic E-state index is 0.266. The molecule has 3 rings (SSSR count). The van der Waals surface area contributed by atoms with E-state index in [0.717, 1.165) is 5.76 Å². The highest BCUT2D eigenvalue weighted by molar-refractivity contribution is 5.84. The number of nitrogens with zero attached hydrogens (tertiary/aromatic N) is 1. The molecule has 2 heterocycles. The Morgan fingerprint density at radius 3 is 2.94 bits per heavy atom. The van der Waals surface area contributed by atoms with Gasteiger partial charge in [0.05, 0.1) is 12.0 Å². The largest absolute Gasteiger partial charge is 0.469 e. The Balaban J connectivity index is 1.87. The molecule has 4 nitrogen and oxygen atoms in total. The zero-order chi connectivity index (χ0) is 12.5. The monoisotopic (exact) mass is 246 g/mol. The van der Waals surface area contributed by atoms with Gasteiger partial charge >= 0.3 is 0 Å². The molecule has 2 N–H and O–H groups in total. The first-order valence-electron chi connectivity index (χ1n) is 5.59. The highest BCUT2D eigenvalue weighted by Gasteiger charge is 2.11. The Morgan fingerprint density at radius 2 is 2.17 bits per heavy atom. The van der Waals surface area contributed by atoms with Crippen molar-refractivity contribution in [3.05, 3.63) is 48.0 Å². The van der Waals surface area contributed by atoms with Crippen LogP contribution in [-0.2, 0) is 12.8 Å². The third-order valence-corrected chi connectivity index (χ3v) is 2.69. The summed E-state index contributed by atoms with van der Waals surface area (Å²) in [5.41, 5.74) is 6.82. The zero-order valence-electron chi connectivity index (χ0n) is 9.52. The summed E-state index contributed by atoms with van der Waals surface area (Å²) in [6.07, 6.45) is 2.89. The van der Waals surface area contributed by atoms with Gasteiger partial charge < -0.3 is 14.6 Å². The second-order valence-corrected chi connectivity index (χ2v) is 4.03. The van der Waals surface area contributed by atoms with Crippen molar-refractivity contribution >= 4 is 16.8 Å². The van der Waals surface area contributed by atoms with Crippen LogP contribution in [0.3, 0.4) is 0 Å². The van der Waals surface area contributed by atoms with E-state index >= 15 is 0 Å². The van der Waals surface area contributed by atoms with Gasteiger partial charge in [0.25, 0.3) is 0 Å². The lowest BCUT2D eigenvalue weighted by Crippen LogP contribution is -1.89. The van der Waals surface area contributed by atoms with Gasteiger partial charge in [-0.15, -0.1) is 0 Å². The SMILES string of the molecule is Nc1cc(F)cc2nc(CCc3ccco3)oc12. The summed E-state index contributed by atoms with van der Waals surface area (Å²) >= 11 is 0. The van der Waals surface area contributed by atoms with E-state index in [4.69, 9.17) is 14.6 Å². The minimum Gasteiger partial charge on any atom is -0.469 e. The molecule has 2 aromatic heterocycles. The van der Waals surface area contributed by atoms with E-state index in [2.05, 4.69) is 4.98 Å². The molecule has 92 valence electrons. The second kappa shape index (κ2) is 4.18. The fraction of sp³-hybridized carbons (Fsp3) is 0.154. The zero-order valence-corrected chi connectivity index (χ0v) is 9.52. The molecule has 0 radical (unpaired) electrons. The van der Waals surface area contributed by atoms with Gasteiger partial charge in [0.2, 0.25) is 0 Å². The number of furan rings is 1. The fourth-order valence-electron chi connectivity index (χ4n) is 1.86. The maximum atomic E-state index is 13.1. The van der Waals surface area contributed by atoms with Gasteiger partial charge in [-0.1, -0.05) is 0 Å². The maximum Gasteiger partial charge on any atom is 0.196 e. The van der Waals surface area contributed by atoms with Gasteiger partial charge in [-0.05, 0) is 12.1 Å². The van der Waals surface area contributed by atoms with Crippen LogP contribution in [0.5, 0.6) is 0 Å². The molecule has 0 amide bonds. The Bertz CT molecular complexity index is 674. The van der Waals surface area contributed by atoms with Gasteiger partial charge in [-0.2, -0.15) is 0 Å². The van der Waals surface area contributed by atoms with E-state index in [1.54, 1.807) is 6.26 Å². The number of aromatic nitrogens is 1. The van der Waals surface area contributed by atoms with Crippen LogP contribution in [-0.4, -0.2) is 4.98 Å². The molecule has 0 bridgehead atoms. The number of anilines is 1. The van der Waals surface area contributed by atoms with Crippen molar-refractivity contribution in [1.82, 2.24) is 4.98 Å². The van der Waals surface area contributed by atoms with Crippen molar-refractivity contribution in [1.29, 1.82) is 0 Å². The molecule has 0 atom stereocenters.